The van der Waals surface area contributed by atoms with E-state index in [2.05, 4.69) is 15.0 Å². The predicted octanol–water partition coefficient (Wildman–Crippen LogP) is 1.97. The van der Waals surface area contributed by atoms with E-state index in [1.807, 2.05) is 6.92 Å². The summed E-state index contributed by atoms with van der Waals surface area (Å²) in [5.41, 5.74) is 0.808. The van der Waals surface area contributed by atoms with Crippen LogP contribution in [-0.4, -0.2) is 33.0 Å². The minimum Gasteiger partial charge on any atom is -0.478 e. The minimum absolute atomic E-state index is 0.0713. The summed E-state index contributed by atoms with van der Waals surface area (Å²) >= 11 is 6.01. The van der Waals surface area contributed by atoms with E-state index in [1.165, 1.54) is 19.2 Å². The van der Waals surface area contributed by atoms with Crippen LogP contribution in [0, 0.1) is 0 Å². The molecular formula is C16H18ClN3O4S. The average molecular weight is 384 g/mol. The zero-order valence-electron chi connectivity index (χ0n) is 13.7. The summed E-state index contributed by atoms with van der Waals surface area (Å²) in [4.78, 5) is 16.5. The van der Waals surface area contributed by atoms with Crippen LogP contribution in [0.2, 0.25) is 5.02 Å². The molecular weight excluding hydrogens is 366 g/mol. The third-order valence-electron chi connectivity index (χ3n) is 3.28. The van der Waals surface area contributed by atoms with Gasteiger partial charge in [-0.2, -0.15) is 0 Å². The van der Waals surface area contributed by atoms with E-state index in [0.717, 1.165) is 5.56 Å². The van der Waals surface area contributed by atoms with Crippen LogP contribution in [0.3, 0.4) is 0 Å². The summed E-state index contributed by atoms with van der Waals surface area (Å²) in [7, 11) is -2.14. The number of amides is 1. The molecule has 0 radical (unpaired) electrons. The highest BCUT2D eigenvalue weighted by Crippen LogP contribution is 2.18. The topological polar surface area (TPSA) is 97.4 Å². The van der Waals surface area contributed by atoms with Crippen molar-refractivity contribution in [3.05, 3.63) is 52.7 Å². The van der Waals surface area contributed by atoms with E-state index in [0.29, 0.717) is 12.5 Å². The molecule has 0 unspecified atom stereocenters. The number of rotatable bonds is 7. The van der Waals surface area contributed by atoms with Crippen LogP contribution in [0.15, 0.2) is 41.3 Å². The molecule has 9 heteroatoms. The average Bonchev–Trinajstić information content (AvgIpc) is 2.62. The van der Waals surface area contributed by atoms with Crippen LogP contribution in [0.5, 0.6) is 5.88 Å². The number of nitrogens with zero attached hydrogens (tertiary/aromatic N) is 1. The fourth-order valence-electron chi connectivity index (χ4n) is 1.98. The molecule has 0 saturated carbocycles. The summed E-state index contributed by atoms with van der Waals surface area (Å²) in [5.74, 6) is -0.128. The molecule has 0 bridgehead atoms. The summed E-state index contributed by atoms with van der Waals surface area (Å²) < 4.78 is 30.8. The Labute approximate surface area is 151 Å². The molecule has 0 saturated heterocycles. The van der Waals surface area contributed by atoms with Crippen molar-refractivity contribution in [2.24, 2.45) is 0 Å². The van der Waals surface area contributed by atoms with Crippen molar-refractivity contribution in [3.8, 4) is 5.88 Å². The number of nitrogens with one attached hydrogen (secondary N) is 2. The molecule has 0 fully saturated rings. The summed E-state index contributed by atoms with van der Waals surface area (Å²) in [6.45, 7) is 2.45. The Morgan fingerprint density at radius 3 is 2.48 bits per heavy atom. The summed E-state index contributed by atoms with van der Waals surface area (Å²) in [5, 5.41) is 2.91. The van der Waals surface area contributed by atoms with Gasteiger partial charge in [0.15, 0.2) is 5.69 Å². The Kier molecular flexibility index (Phi) is 6.35. The Bertz CT molecular complexity index is 854. The molecule has 134 valence electrons. The van der Waals surface area contributed by atoms with Gasteiger partial charge in [0.2, 0.25) is 15.9 Å². The van der Waals surface area contributed by atoms with Crippen molar-refractivity contribution in [1.82, 2.24) is 15.0 Å². The van der Waals surface area contributed by atoms with E-state index in [1.54, 1.807) is 24.3 Å². The zero-order chi connectivity index (χ0) is 18.4. The quantitative estimate of drug-likeness (QED) is 0.761. The second-order valence-electron chi connectivity index (χ2n) is 4.95. The molecule has 1 aromatic carbocycles. The maximum atomic E-state index is 12.2. The number of hydrogen-bond acceptors (Lipinski definition) is 5. The minimum atomic E-state index is -3.48. The third kappa shape index (κ3) is 4.91. The van der Waals surface area contributed by atoms with Crippen LogP contribution in [-0.2, 0) is 16.6 Å². The lowest BCUT2D eigenvalue weighted by Gasteiger charge is -2.09. The Balaban J connectivity index is 2.06. The number of halogens is 1. The van der Waals surface area contributed by atoms with Gasteiger partial charge in [-0.1, -0.05) is 23.7 Å². The van der Waals surface area contributed by atoms with Gasteiger partial charge in [-0.15, -0.1) is 0 Å². The lowest BCUT2D eigenvalue weighted by molar-refractivity contribution is 0.0945. The van der Waals surface area contributed by atoms with Gasteiger partial charge in [0.1, 0.15) is 0 Å². The smallest absolute Gasteiger partial charge is 0.271 e. The molecule has 2 rings (SSSR count). The number of carbonyl (C=O) groups is 1. The van der Waals surface area contributed by atoms with Crippen molar-refractivity contribution in [2.45, 2.75) is 18.4 Å². The molecule has 0 aliphatic rings. The summed E-state index contributed by atoms with van der Waals surface area (Å²) in [6.07, 6.45) is 0. The van der Waals surface area contributed by atoms with Crippen LogP contribution < -0.4 is 14.8 Å². The highest BCUT2D eigenvalue weighted by molar-refractivity contribution is 7.89. The van der Waals surface area contributed by atoms with E-state index < -0.39 is 15.9 Å². The van der Waals surface area contributed by atoms with Gasteiger partial charge in [-0.05, 0) is 37.7 Å². The Morgan fingerprint density at radius 1 is 1.20 bits per heavy atom. The van der Waals surface area contributed by atoms with Gasteiger partial charge in [0.25, 0.3) is 5.91 Å². The largest absolute Gasteiger partial charge is 0.478 e. The van der Waals surface area contributed by atoms with E-state index in [4.69, 9.17) is 16.3 Å². The van der Waals surface area contributed by atoms with Crippen LogP contribution in [0.1, 0.15) is 23.0 Å². The van der Waals surface area contributed by atoms with E-state index >= 15 is 0 Å². The van der Waals surface area contributed by atoms with Gasteiger partial charge in [0, 0.05) is 12.6 Å². The highest BCUT2D eigenvalue weighted by Gasteiger charge is 2.14. The molecule has 7 nitrogen and oxygen atoms in total. The molecule has 2 aromatic rings. The lowest BCUT2D eigenvalue weighted by Crippen LogP contribution is -2.24. The van der Waals surface area contributed by atoms with Gasteiger partial charge in [-0.25, -0.2) is 18.1 Å². The number of hydrogen-bond donors (Lipinski definition) is 2. The Hall–Kier alpha value is -2.16. The molecule has 0 aliphatic carbocycles. The molecule has 1 amide bonds. The predicted molar refractivity (Wildman–Crippen MR) is 94.3 cm³/mol. The van der Waals surface area contributed by atoms with E-state index in [9.17, 15) is 13.2 Å². The first-order chi connectivity index (χ1) is 11.9. The van der Waals surface area contributed by atoms with Crippen molar-refractivity contribution in [1.29, 1.82) is 0 Å². The molecule has 1 heterocycles. The van der Waals surface area contributed by atoms with Crippen molar-refractivity contribution >= 4 is 27.5 Å². The molecule has 2 N–H and O–H groups in total. The maximum Gasteiger partial charge on any atom is 0.271 e. The van der Waals surface area contributed by atoms with Crippen LogP contribution >= 0.6 is 11.6 Å². The second kappa shape index (κ2) is 8.28. The molecule has 0 atom stereocenters. The van der Waals surface area contributed by atoms with Crippen LogP contribution in [0.4, 0.5) is 0 Å². The molecule has 0 spiro atoms. The number of ether oxygens (including phenoxy) is 1. The first-order valence-electron chi connectivity index (χ1n) is 7.47. The van der Waals surface area contributed by atoms with Crippen LogP contribution in [0.25, 0.3) is 0 Å². The third-order valence-corrected chi connectivity index (χ3v) is 5.02. The van der Waals surface area contributed by atoms with Crippen molar-refractivity contribution in [3.63, 3.8) is 0 Å². The first-order valence-corrected chi connectivity index (χ1v) is 9.33. The van der Waals surface area contributed by atoms with Gasteiger partial charge in [0.05, 0.1) is 16.5 Å². The maximum absolute atomic E-state index is 12.2. The number of aromatic nitrogens is 1. The van der Waals surface area contributed by atoms with Crippen molar-refractivity contribution < 1.29 is 17.9 Å². The highest BCUT2D eigenvalue weighted by atomic mass is 35.5. The standard InChI is InChI=1S/C16H18ClN3O4S/c1-3-24-14-9-8-13(17)15(20-14)16(21)19-10-11-4-6-12(7-5-11)25(22,23)18-2/h4-9,18H,3,10H2,1-2H3,(H,19,21). The van der Waals surface area contributed by atoms with Crippen molar-refractivity contribution in [2.75, 3.05) is 13.7 Å². The fraction of sp³-hybridized carbons (Fsp3) is 0.250. The second-order valence-corrected chi connectivity index (χ2v) is 7.24. The van der Waals surface area contributed by atoms with Gasteiger partial charge >= 0.3 is 0 Å². The Morgan fingerprint density at radius 2 is 1.88 bits per heavy atom. The zero-order valence-corrected chi connectivity index (χ0v) is 15.3. The molecule has 25 heavy (non-hydrogen) atoms. The first kappa shape index (κ1) is 19.2. The number of pyridine rings is 1. The summed E-state index contributed by atoms with van der Waals surface area (Å²) in [6, 6.07) is 9.31. The fourth-order valence-corrected chi connectivity index (χ4v) is 2.90. The van der Waals surface area contributed by atoms with Gasteiger partial charge in [-0.3, -0.25) is 4.79 Å². The number of benzene rings is 1. The lowest BCUT2D eigenvalue weighted by atomic mass is 10.2. The monoisotopic (exact) mass is 383 g/mol. The van der Waals surface area contributed by atoms with E-state index in [-0.39, 0.29) is 22.2 Å². The number of sulfonamides is 1. The number of carbonyl (C=O) groups excluding carboxylic acids is 1. The normalized spacial score (nSPS) is 11.2. The molecule has 0 aliphatic heterocycles. The molecule has 1 aromatic heterocycles. The van der Waals surface area contributed by atoms with Gasteiger partial charge < -0.3 is 10.1 Å². The SMILES string of the molecule is CCOc1ccc(Cl)c(C(=O)NCc2ccc(S(=O)(=O)NC)cc2)n1.